The minimum atomic E-state index is -1.07. The summed E-state index contributed by atoms with van der Waals surface area (Å²) in [5.74, 6) is -0.877. The van der Waals surface area contributed by atoms with Gasteiger partial charge in [-0.25, -0.2) is 4.79 Å². The van der Waals surface area contributed by atoms with Crippen LogP contribution in [0.1, 0.15) is 23.7 Å². The first-order valence-electron chi connectivity index (χ1n) is 4.32. The van der Waals surface area contributed by atoms with Crippen molar-refractivity contribution < 1.29 is 39.2 Å². The van der Waals surface area contributed by atoms with Crippen molar-refractivity contribution in [2.24, 2.45) is 0 Å². The predicted octanol–water partition coefficient (Wildman–Crippen LogP) is 1.49. The summed E-state index contributed by atoms with van der Waals surface area (Å²) in [5.41, 5.74) is 0.0556. The second kappa shape index (κ2) is 6.54. The second-order valence-electron chi connectivity index (χ2n) is 2.78. The van der Waals surface area contributed by atoms with Gasteiger partial charge in [-0.3, -0.25) is 0 Å². The molecule has 1 atom stereocenters. The molecular weight excluding hydrogens is 249 g/mol. The SMILES string of the molecule is CCC(O)Oc1ccccc1C(=O)O.[Zn]. The van der Waals surface area contributed by atoms with Gasteiger partial charge in [0.2, 0.25) is 0 Å². The predicted molar refractivity (Wildman–Crippen MR) is 50.3 cm³/mol. The summed E-state index contributed by atoms with van der Waals surface area (Å²) >= 11 is 0. The van der Waals surface area contributed by atoms with Crippen LogP contribution in [0, 0.1) is 0 Å². The molecule has 0 radical (unpaired) electrons. The standard InChI is InChI=1S/C10H12O4.Zn/c1-2-9(11)14-8-6-4-3-5-7(8)10(12)13;/h3-6,9,11H,2H2,1H3,(H,12,13);. The van der Waals surface area contributed by atoms with E-state index in [0.29, 0.717) is 6.42 Å². The number of carboxylic acids is 1. The van der Waals surface area contributed by atoms with Crippen LogP contribution in [0.25, 0.3) is 0 Å². The van der Waals surface area contributed by atoms with Crippen molar-refractivity contribution in [3.05, 3.63) is 29.8 Å². The molecule has 5 heteroatoms. The zero-order valence-electron chi connectivity index (χ0n) is 8.51. The van der Waals surface area contributed by atoms with Crippen LogP contribution in [-0.4, -0.2) is 22.5 Å². The zero-order chi connectivity index (χ0) is 10.6. The molecule has 1 rings (SSSR count). The van der Waals surface area contributed by atoms with Gasteiger partial charge in [-0.2, -0.15) is 0 Å². The molecule has 0 heterocycles. The maximum atomic E-state index is 10.7. The summed E-state index contributed by atoms with van der Waals surface area (Å²) in [7, 11) is 0. The molecule has 0 spiro atoms. The van der Waals surface area contributed by atoms with E-state index in [1.807, 2.05) is 0 Å². The molecule has 0 aliphatic carbocycles. The number of aromatic carboxylic acids is 1. The number of benzene rings is 1. The molecule has 1 aromatic carbocycles. The number of para-hydroxylation sites is 1. The Labute approximate surface area is 101 Å². The van der Waals surface area contributed by atoms with Gasteiger partial charge in [0.25, 0.3) is 0 Å². The summed E-state index contributed by atoms with van der Waals surface area (Å²) < 4.78 is 5.03. The summed E-state index contributed by atoms with van der Waals surface area (Å²) in [4.78, 5) is 10.7. The van der Waals surface area contributed by atoms with Crippen LogP contribution in [0.4, 0.5) is 0 Å². The number of aliphatic hydroxyl groups excluding tert-OH is 1. The average Bonchev–Trinajstić information content (AvgIpc) is 2.18. The molecule has 0 saturated heterocycles. The third kappa shape index (κ3) is 3.98. The van der Waals surface area contributed by atoms with Crippen molar-refractivity contribution in [2.45, 2.75) is 19.6 Å². The average molecular weight is 262 g/mol. The Morgan fingerprint density at radius 1 is 1.47 bits per heavy atom. The van der Waals surface area contributed by atoms with Crippen molar-refractivity contribution in [2.75, 3.05) is 0 Å². The first-order chi connectivity index (χ1) is 6.65. The Balaban J connectivity index is 0.00000196. The van der Waals surface area contributed by atoms with Crippen molar-refractivity contribution in [1.29, 1.82) is 0 Å². The van der Waals surface area contributed by atoms with Crippen LogP contribution in [0.5, 0.6) is 5.75 Å². The van der Waals surface area contributed by atoms with Crippen LogP contribution in [0.15, 0.2) is 24.3 Å². The summed E-state index contributed by atoms with van der Waals surface area (Å²) in [6, 6.07) is 6.21. The smallest absolute Gasteiger partial charge is 0.339 e. The normalized spacial score (nSPS) is 11.3. The zero-order valence-corrected chi connectivity index (χ0v) is 11.5. The van der Waals surface area contributed by atoms with Crippen molar-refractivity contribution >= 4 is 5.97 Å². The number of aliphatic hydroxyl groups is 1. The molecule has 0 aliphatic rings. The number of hydrogen-bond donors (Lipinski definition) is 2. The summed E-state index contributed by atoms with van der Waals surface area (Å²) in [6.45, 7) is 1.74. The van der Waals surface area contributed by atoms with E-state index in [-0.39, 0.29) is 30.8 Å². The Bertz CT molecular complexity index is 327. The molecule has 0 aliphatic heterocycles. The van der Waals surface area contributed by atoms with Crippen LogP contribution in [0.3, 0.4) is 0 Å². The molecular formula is C10H12O4Zn. The molecule has 0 fully saturated rings. The number of carboxylic acid groups (broad SMARTS) is 1. The monoisotopic (exact) mass is 260 g/mol. The van der Waals surface area contributed by atoms with E-state index in [2.05, 4.69) is 0 Å². The fraction of sp³-hybridized carbons (Fsp3) is 0.300. The van der Waals surface area contributed by atoms with E-state index in [1.54, 1.807) is 19.1 Å². The molecule has 78 valence electrons. The number of hydrogen-bond acceptors (Lipinski definition) is 3. The topological polar surface area (TPSA) is 66.8 Å². The Kier molecular flexibility index (Phi) is 6.13. The third-order valence-electron chi connectivity index (χ3n) is 1.73. The first-order valence-corrected chi connectivity index (χ1v) is 4.32. The van der Waals surface area contributed by atoms with E-state index in [0.717, 1.165) is 0 Å². The van der Waals surface area contributed by atoms with E-state index in [4.69, 9.17) is 9.84 Å². The van der Waals surface area contributed by atoms with Gasteiger partial charge in [0, 0.05) is 25.9 Å². The van der Waals surface area contributed by atoms with Crippen molar-refractivity contribution in [1.82, 2.24) is 0 Å². The van der Waals surface area contributed by atoms with E-state index in [1.165, 1.54) is 12.1 Å². The molecule has 1 aromatic rings. The Hall–Kier alpha value is -0.927. The quantitative estimate of drug-likeness (QED) is 0.637. The molecule has 15 heavy (non-hydrogen) atoms. The number of carbonyl (C=O) groups is 1. The van der Waals surface area contributed by atoms with Gasteiger partial charge >= 0.3 is 5.97 Å². The fourth-order valence-electron chi connectivity index (χ4n) is 0.976. The molecule has 4 nitrogen and oxygen atoms in total. The summed E-state index contributed by atoms with van der Waals surface area (Å²) in [5, 5.41) is 18.0. The van der Waals surface area contributed by atoms with Crippen LogP contribution in [-0.2, 0) is 19.5 Å². The Morgan fingerprint density at radius 2 is 2.07 bits per heavy atom. The third-order valence-corrected chi connectivity index (χ3v) is 1.73. The van der Waals surface area contributed by atoms with Gasteiger partial charge in [-0.05, 0) is 12.1 Å². The molecule has 0 bridgehead atoms. The molecule has 0 aromatic heterocycles. The molecule has 0 saturated carbocycles. The Morgan fingerprint density at radius 3 is 2.60 bits per heavy atom. The van der Waals surface area contributed by atoms with Gasteiger partial charge < -0.3 is 14.9 Å². The number of ether oxygens (including phenoxy) is 1. The first kappa shape index (κ1) is 14.1. The minimum Gasteiger partial charge on any atom is -0.478 e. The van der Waals surface area contributed by atoms with E-state index < -0.39 is 12.3 Å². The van der Waals surface area contributed by atoms with Crippen LogP contribution >= 0.6 is 0 Å². The second-order valence-corrected chi connectivity index (χ2v) is 2.78. The molecule has 2 N–H and O–H groups in total. The van der Waals surface area contributed by atoms with E-state index >= 15 is 0 Å². The van der Waals surface area contributed by atoms with Gasteiger partial charge in [0.05, 0.1) is 0 Å². The maximum Gasteiger partial charge on any atom is 0.339 e. The minimum absolute atomic E-state index is 0. The van der Waals surface area contributed by atoms with Gasteiger partial charge in [-0.1, -0.05) is 19.1 Å². The summed E-state index contributed by atoms with van der Waals surface area (Å²) in [6.07, 6.45) is -0.552. The van der Waals surface area contributed by atoms with Crippen molar-refractivity contribution in [3.63, 3.8) is 0 Å². The maximum absolute atomic E-state index is 10.7. The molecule has 0 amide bonds. The largest absolute Gasteiger partial charge is 0.478 e. The fourth-order valence-corrected chi connectivity index (χ4v) is 0.976. The van der Waals surface area contributed by atoms with E-state index in [9.17, 15) is 9.90 Å². The van der Waals surface area contributed by atoms with Crippen LogP contribution < -0.4 is 4.74 Å². The van der Waals surface area contributed by atoms with Gasteiger partial charge in [-0.15, -0.1) is 0 Å². The number of rotatable bonds is 4. The van der Waals surface area contributed by atoms with Crippen molar-refractivity contribution in [3.8, 4) is 5.75 Å². The van der Waals surface area contributed by atoms with Gasteiger partial charge in [0.1, 0.15) is 11.3 Å². The van der Waals surface area contributed by atoms with Crippen LogP contribution in [0.2, 0.25) is 0 Å². The van der Waals surface area contributed by atoms with Gasteiger partial charge in [0.15, 0.2) is 6.29 Å². The molecule has 1 unspecified atom stereocenters.